The number of halogens is 1. The Bertz CT molecular complexity index is 1260. The molecule has 3 aromatic rings. The molecular weight excluding hydrogens is 466 g/mol. The SMILES string of the molecule is COc1cc2ncc(C#N)c3c2cc1OCCCNCCCNC(=O)CCc1ccc(Cl)cc1N3. The van der Waals surface area contributed by atoms with Crippen LogP contribution in [0, 0.1) is 11.3 Å². The van der Waals surface area contributed by atoms with Gasteiger partial charge in [0, 0.05) is 41.3 Å². The molecule has 2 heterocycles. The van der Waals surface area contributed by atoms with Crippen LogP contribution in [0.15, 0.2) is 36.5 Å². The Labute approximate surface area is 209 Å². The van der Waals surface area contributed by atoms with Crippen LogP contribution in [0.25, 0.3) is 10.9 Å². The number of carbonyl (C=O) groups is 1. The van der Waals surface area contributed by atoms with Crippen LogP contribution in [0.3, 0.4) is 0 Å². The van der Waals surface area contributed by atoms with E-state index in [0.29, 0.717) is 59.3 Å². The zero-order chi connectivity index (χ0) is 24.6. The van der Waals surface area contributed by atoms with Crippen LogP contribution < -0.4 is 25.4 Å². The van der Waals surface area contributed by atoms with Crippen molar-refractivity contribution >= 4 is 39.8 Å². The lowest BCUT2D eigenvalue weighted by Gasteiger charge is -2.17. The van der Waals surface area contributed by atoms with Crippen LogP contribution in [-0.2, 0) is 11.2 Å². The van der Waals surface area contributed by atoms with Gasteiger partial charge >= 0.3 is 0 Å². The topological polar surface area (TPSA) is 108 Å². The van der Waals surface area contributed by atoms with Crippen molar-refractivity contribution in [1.29, 1.82) is 5.26 Å². The number of hydrogen-bond acceptors (Lipinski definition) is 7. The fraction of sp³-hybridized carbons (Fsp3) is 0.346. The second kappa shape index (κ2) is 11.7. The summed E-state index contributed by atoms with van der Waals surface area (Å²) in [6, 6.07) is 11.4. The number of nitrogens with zero attached hydrogens (tertiary/aromatic N) is 2. The zero-order valence-corrected chi connectivity index (χ0v) is 20.4. The minimum absolute atomic E-state index is 0.000952. The molecule has 0 saturated carbocycles. The van der Waals surface area contributed by atoms with Gasteiger partial charge in [-0.15, -0.1) is 0 Å². The first-order valence-electron chi connectivity index (χ1n) is 11.7. The van der Waals surface area contributed by atoms with Crippen molar-refractivity contribution in [1.82, 2.24) is 15.6 Å². The third-order valence-electron chi connectivity index (χ3n) is 5.83. The summed E-state index contributed by atoms with van der Waals surface area (Å²) in [7, 11) is 1.59. The van der Waals surface area contributed by atoms with Crippen molar-refractivity contribution < 1.29 is 14.3 Å². The van der Waals surface area contributed by atoms with Gasteiger partial charge in [-0.1, -0.05) is 17.7 Å². The molecule has 182 valence electrons. The Hall–Kier alpha value is -3.54. The molecule has 0 fully saturated rings. The maximum atomic E-state index is 12.4. The van der Waals surface area contributed by atoms with E-state index in [0.717, 1.165) is 42.6 Å². The maximum Gasteiger partial charge on any atom is 0.220 e. The fourth-order valence-electron chi connectivity index (χ4n) is 3.99. The van der Waals surface area contributed by atoms with Gasteiger partial charge in [-0.05, 0) is 56.1 Å². The lowest BCUT2D eigenvalue weighted by molar-refractivity contribution is -0.121. The number of anilines is 2. The van der Waals surface area contributed by atoms with Gasteiger partial charge in [-0.3, -0.25) is 9.78 Å². The second-order valence-electron chi connectivity index (χ2n) is 8.26. The highest BCUT2D eigenvalue weighted by Crippen LogP contribution is 2.38. The second-order valence-corrected chi connectivity index (χ2v) is 8.70. The normalized spacial score (nSPS) is 15.4. The summed E-state index contributed by atoms with van der Waals surface area (Å²) >= 11 is 6.31. The van der Waals surface area contributed by atoms with Crippen LogP contribution in [0.5, 0.6) is 11.5 Å². The molecule has 0 atom stereocenters. The van der Waals surface area contributed by atoms with Gasteiger partial charge in [0.05, 0.1) is 30.5 Å². The number of nitriles is 1. The quantitative estimate of drug-likeness (QED) is 0.463. The summed E-state index contributed by atoms with van der Waals surface area (Å²) in [4.78, 5) is 16.8. The lowest BCUT2D eigenvalue weighted by Crippen LogP contribution is -2.28. The third-order valence-corrected chi connectivity index (χ3v) is 6.07. The molecule has 9 heteroatoms. The summed E-state index contributed by atoms with van der Waals surface area (Å²) in [6.07, 6.45) is 4.06. The van der Waals surface area contributed by atoms with Crippen molar-refractivity contribution in [3.63, 3.8) is 0 Å². The minimum atomic E-state index is 0.000952. The smallest absolute Gasteiger partial charge is 0.220 e. The van der Waals surface area contributed by atoms with Gasteiger partial charge in [-0.2, -0.15) is 5.26 Å². The number of methoxy groups -OCH3 is 1. The van der Waals surface area contributed by atoms with Gasteiger partial charge in [0.25, 0.3) is 0 Å². The summed E-state index contributed by atoms with van der Waals surface area (Å²) < 4.78 is 11.6. The number of rotatable bonds is 1. The summed E-state index contributed by atoms with van der Waals surface area (Å²) in [5.74, 6) is 1.16. The van der Waals surface area contributed by atoms with E-state index >= 15 is 0 Å². The molecule has 1 aliphatic heterocycles. The summed E-state index contributed by atoms with van der Waals surface area (Å²) in [6.45, 7) is 2.74. The number of carbonyl (C=O) groups excluding carboxylic acids is 1. The highest BCUT2D eigenvalue weighted by Gasteiger charge is 2.16. The predicted molar refractivity (Wildman–Crippen MR) is 137 cm³/mol. The average molecular weight is 494 g/mol. The molecule has 0 saturated heterocycles. The Morgan fingerprint density at radius 2 is 2.00 bits per heavy atom. The van der Waals surface area contributed by atoms with Crippen LogP contribution in [0.1, 0.15) is 30.4 Å². The van der Waals surface area contributed by atoms with Gasteiger partial charge in [0.2, 0.25) is 5.91 Å². The van der Waals surface area contributed by atoms with Gasteiger partial charge in [-0.25, -0.2) is 0 Å². The molecule has 8 nitrogen and oxygen atoms in total. The van der Waals surface area contributed by atoms with Crippen molar-refractivity contribution in [2.45, 2.75) is 25.7 Å². The molecule has 0 unspecified atom stereocenters. The molecule has 35 heavy (non-hydrogen) atoms. The fourth-order valence-corrected chi connectivity index (χ4v) is 4.16. The van der Waals surface area contributed by atoms with E-state index in [1.54, 1.807) is 25.3 Å². The predicted octanol–water partition coefficient (Wildman–Crippen LogP) is 4.32. The molecular formula is C26H28ClN5O3. The van der Waals surface area contributed by atoms with E-state index in [2.05, 4.69) is 27.0 Å². The number of hydrogen-bond donors (Lipinski definition) is 3. The Morgan fingerprint density at radius 3 is 2.83 bits per heavy atom. The number of aryl methyl sites for hydroxylation is 1. The minimum Gasteiger partial charge on any atom is -0.493 e. The molecule has 0 aliphatic carbocycles. The molecule has 2 bridgehead atoms. The lowest BCUT2D eigenvalue weighted by atomic mass is 10.0. The van der Waals surface area contributed by atoms with Gasteiger partial charge in [0.1, 0.15) is 6.07 Å². The van der Waals surface area contributed by atoms with Gasteiger partial charge < -0.3 is 25.4 Å². The van der Waals surface area contributed by atoms with E-state index in [4.69, 9.17) is 21.1 Å². The van der Waals surface area contributed by atoms with Crippen LogP contribution in [0.2, 0.25) is 5.02 Å². The number of pyridine rings is 1. The number of ether oxygens (including phenoxy) is 2. The number of fused-ring (bicyclic) bond motifs is 2. The third kappa shape index (κ3) is 6.13. The Balaban J connectivity index is 1.78. The number of aromatic nitrogens is 1. The van der Waals surface area contributed by atoms with E-state index in [1.165, 1.54) is 6.20 Å². The van der Waals surface area contributed by atoms with E-state index < -0.39 is 0 Å². The molecule has 1 amide bonds. The first-order valence-corrected chi connectivity index (χ1v) is 12.0. The average Bonchev–Trinajstić information content (AvgIpc) is 2.86. The van der Waals surface area contributed by atoms with Crippen molar-refractivity contribution in [2.24, 2.45) is 0 Å². The van der Waals surface area contributed by atoms with Crippen LogP contribution in [-0.4, -0.2) is 44.2 Å². The van der Waals surface area contributed by atoms with Gasteiger partial charge in [0.15, 0.2) is 11.5 Å². The first-order chi connectivity index (χ1) is 17.1. The standard InChI is InChI=1S/C26H28ClN5O3/c1-34-23-14-22-20-13-24(23)35-11-3-9-29-8-2-10-30-25(33)7-5-17-4-6-19(27)12-21(17)32-26(20)18(15-28)16-31-22/h4,6,12-14,16,29,32H,2-3,5,7-11H2,1H3,(H,30,33). The van der Waals surface area contributed by atoms with E-state index in [1.807, 2.05) is 12.1 Å². The Morgan fingerprint density at radius 1 is 1.14 bits per heavy atom. The summed E-state index contributed by atoms with van der Waals surface area (Å²) in [5, 5.41) is 20.8. The van der Waals surface area contributed by atoms with Crippen molar-refractivity contribution in [2.75, 3.05) is 38.7 Å². The molecule has 0 spiro atoms. The number of benzene rings is 2. The molecule has 3 N–H and O–H groups in total. The molecule has 1 aromatic heterocycles. The zero-order valence-electron chi connectivity index (χ0n) is 19.6. The maximum absolute atomic E-state index is 12.4. The van der Waals surface area contributed by atoms with Crippen LogP contribution in [0.4, 0.5) is 11.4 Å². The number of nitrogens with one attached hydrogen (secondary N) is 3. The first kappa shape index (κ1) is 24.6. The molecule has 4 rings (SSSR count). The highest BCUT2D eigenvalue weighted by molar-refractivity contribution is 6.30. The summed E-state index contributed by atoms with van der Waals surface area (Å²) in [5.41, 5.74) is 3.29. The largest absolute Gasteiger partial charge is 0.493 e. The van der Waals surface area contributed by atoms with Crippen LogP contribution >= 0.6 is 11.6 Å². The van der Waals surface area contributed by atoms with Crippen molar-refractivity contribution in [3.8, 4) is 17.6 Å². The molecule has 0 radical (unpaired) electrons. The molecule has 2 aromatic carbocycles. The molecule has 1 aliphatic rings. The highest BCUT2D eigenvalue weighted by atomic mass is 35.5. The number of amides is 1. The van der Waals surface area contributed by atoms with E-state index in [-0.39, 0.29) is 5.91 Å². The van der Waals surface area contributed by atoms with Crippen molar-refractivity contribution in [3.05, 3.63) is 52.7 Å². The van der Waals surface area contributed by atoms with E-state index in [9.17, 15) is 10.1 Å². The monoisotopic (exact) mass is 493 g/mol. The Kier molecular flexibility index (Phi) is 8.24.